The molecule has 126 valence electrons. The Hall–Kier alpha value is -2.57. The molecule has 0 aliphatic carbocycles. The highest BCUT2D eigenvalue weighted by Gasteiger charge is 2.25. The summed E-state index contributed by atoms with van der Waals surface area (Å²) in [5.74, 6) is -1.42. The lowest BCUT2D eigenvalue weighted by molar-refractivity contribution is -0.147. The summed E-state index contributed by atoms with van der Waals surface area (Å²) in [6.45, 7) is 2.24. The van der Waals surface area contributed by atoms with Gasteiger partial charge in [0.15, 0.2) is 0 Å². The molecule has 0 spiro atoms. The van der Waals surface area contributed by atoms with E-state index >= 15 is 0 Å². The molecule has 0 heterocycles. The lowest BCUT2D eigenvalue weighted by Crippen LogP contribution is -2.44. The van der Waals surface area contributed by atoms with Crippen molar-refractivity contribution in [2.45, 2.75) is 38.8 Å². The van der Waals surface area contributed by atoms with E-state index in [4.69, 9.17) is 15.2 Å². The molecule has 1 rings (SSSR count). The van der Waals surface area contributed by atoms with Crippen molar-refractivity contribution in [3.8, 4) is 0 Å². The van der Waals surface area contributed by atoms with Crippen LogP contribution in [0.4, 0.5) is 4.79 Å². The third-order valence-corrected chi connectivity index (χ3v) is 2.94. The number of hydrogen-bond donors (Lipinski definition) is 2. The molecule has 0 bridgehead atoms. The summed E-state index contributed by atoms with van der Waals surface area (Å²) in [6.07, 6.45) is 0.409. The number of rotatable bonds is 9. The summed E-state index contributed by atoms with van der Waals surface area (Å²) in [5, 5.41) is 2.31. The molecule has 2 amide bonds. The van der Waals surface area contributed by atoms with Crippen molar-refractivity contribution in [3.05, 3.63) is 35.9 Å². The van der Waals surface area contributed by atoms with Gasteiger partial charge < -0.3 is 20.5 Å². The van der Waals surface area contributed by atoms with Crippen LogP contribution in [0.5, 0.6) is 0 Å². The minimum absolute atomic E-state index is 0.0564. The van der Waals surface area contributed by atoms with Gasteiger partial charge in [0.1, 0.15) is 12.6 Å². The molecule has 0 fully saturated rings. The topological polar surface area (TPSA) is 108 Å². The summed E-state index contributed by atoms with van der Waals surface area (Å²) in [5.41, 5.74) is 5.89. The second kappa shape index (κ2) is 10.2. The second-order valence-corrected chi connectivity index (χ2v) is 4.95. The number of hydrogen-bond acceptors (Lipinski definition) is 5. The summed E-state index contributed by atoms with van der Waals surface area (Å²) in [4.78, 5) is 34.6. The van der Waals surface area contributed by atoms with E-state index in [0.717, 1.165) is 12.0 Å². The van der Waals surface area contributed by atoms with E-state index in [1.807, 2.05) is 25.1 Å². The third kappa shape index (κ3) is 7.85. The fourth-order valence-corrected chi connectivity index (χ4v) is 1.72. The van der Waals surface area contributed by atoms with Crippen molar-refractivity contribution >= 4 is 18.0 Å². The Morgan fingerprint density at radius 3 is 2.48 bits per heavy atom. The number of amides is 2. The normalized spacial score (nSPS) is 11.3. The zero-order valence-corrected chi connectivity index (χ0v) is 13.1. The van der Waals surface area contributed by atoms with Gasteiger partial charge in [-0.05, 0) is 12.0 Å². The predicted molar refractivity (Wildman–Crippen MR) is 83.2 cm³/mol. The van der Waals surface area contributed by atoms with Gasteiger partial charge in [-0.15, -0.1) is 0 Å². The Bertz CT molecular complexity index is 518. The van der Waals surface area contributed by atoms with Gasteiger partial charge in [0, 0.05) is 0 Å². The second-order valence-electron chi connectivity index (χ2n) is 4.95. The zero-order valence-electron chi connectivity index (χ0n) is 13.1. The largest absolute Gasteiger partial charge is 0.464 e. The summed E-state index contributed by atoms with van der Waals surface area (Å²) in [7, 11) is 0. The summed E-state index contributed by atoms with van der Waals surface area (Å²) >= 11 is 0. The van der Waals surface area contributed by atoms with E-state index in [1.165, 1.54) is 0 Å². The first-order valence-corrected chi connectivity index (χ1v) is 7.45. The van der Waals surface area contributed by atoms with Gasteiger partial charge in [-0.1, -0.05) is 43.7 Å². The van der Waals surface area contributed by atoms with Gasteiger partial charge in [-0.3, -0.25) is 4.79 Å². The molecule has 0 radical (unpaired) electrons. The first kappa shape index (κ1) is 18.5. The van der Waals surface area contributed by atoms with Crippen molar-refractivity contribution in [2.75, 3.05) is 6.61 Å². The van der Waals surface area contributed by atoms with Gasteiger partial charge in [0.25, 0.3) is 0 Å². The number of alkyl carbamates (subject to hydrolysis) is 1. The molecule has 1 aromatic rings. The first-order valence-electron chi connectivity index (χ1n) is 7.45. The quantitative estimate of drug-likeness (QED) is 0.529. The van der Waals surface area contributed by atoms with Gasteiger partial charge in [-0.2, -0.15) is 0 Å². The molecule has 0 aliphatic rings. The molecule has 1 aromatic carbocycles. The van der Waals surface area contributed by atoms with E-state index in [0.29, 0.717) is 6.42 Å². The Morgan fingerprint density at radius 2 is 1.87 bits per heavy atom. The van der Waals surface area contributed by atoms with Crippen LogP contribution in [0, 0.1) is 0 Å². The molecule has 23 heavy (non-hydrogen) atoms. The number of benzene rings is 1. The van der Waals surface area contributed by atoms with Gasteiger partial charge >= 0.3 is 12.1 Å². The van der Waals surface area contributed by atoms with Crippen LogP contribution < -0.4 is 11.1 Å². The van der Waals surface area contributed by atoms with Crippen LogP contribution in [0.3, 0.4) is 0 Å². The molecule has 1 atom stereocenters. The number of ether oxygens (including phenoxy) is 2. The molecule has 7 nitrogen and oxygen atoms in total. The van der Waals surface area contributed by atoms with Crippen molar-refractivity contribution in [1.82, 2.24) is 5.32 Å². The molecule has 0 aliphatic heterocycles. The van der Waals surface area contributed by atoms with E-state index in [-0.39, 0.29) is 19.6 Å². The van der Waals surface area contributed by atoms with Crippen molar-refractivity contribution in [1.29, 1.82) is 0 Å². The predicted octanol–water partition coefficient (Wildman–Crippen LogP) is 1.50. The lowest BCUT2D eigenvalue weighted by atomic mass is 10.2. The van der Waals surface area contributed by atoms with E-state index in [1.54, 1.807) is 12.1 Å². The maximum absolute atomic E-state index is 11.9. The number of esters is 1. The Kier molecular flexibility index (Phi) is 8.20. The van der Waals surface area contributed by atoms with E-state index in [2.05, 4.69) is 5.32 Å². The maximum Gasteiger partial charge on any atom is 0.408 e. The zero-order chi connectivity index (χ0) is 17.1. The standard InChI is InChI=1S/C16H22N2O5/c1-2-3-9-22-15(20)13(10-14(17)19)18-16(21)23-11-12-7-5-4-6-8-12/h4-8,13H,2-3,9-11H2,1H3,(H2,17,19)(H,18,21). The molecular weight excluding hydrogens is 300 g/mol. The van der Waals surface area contributed by atoms with Gasteiger partial charge in [0.05, 0.1) is 13.0 Å². The highest BCUT2D eigenvalue weighted by Crippen LogP contribution is 2.02. The fraction of sp³-hybridized carbons (Fsp3) is 0.438. The molecule has 0 aromatic heterocycles. The van der Waals surface area contributed by atoms with E-state index < -0.39 is 24.0 Å². The van der Waals surface area contributed by atoms with Crippen LogP contribution in [0.1, 0.15) is 31.7 Å². The smallest absolute Gasteiger partial charge is 0.408 e. The molecule has 0 saturated carbocycles. The van der Waals surface area contributed by atoms with Crippen LogP contribution in [0.15, 0.2) is 30.3 Å². The number of nitrogens with two attached hydrogens (primary N) is 1. The minimum atomic E-state index is -1.15. The molecular formula is C16H22N2O5. The van der Waals surface area contributed by atoms with Crippen LogP contribution in [0.2, 0.25) is 0 Å². The average molecular weight is 322 g/mol. The number of nitrogens with one attached hydrogen (secondary N) is 1. The average Bonchev–Trinajstić information content (AvgIpc) is 2.53. The molecule has 0 saturated heterocycles. The van der Waals surface area contributed by atoms with Crippen molar-refractivity contribution in [2.24, 2.45) is 5.73 Å². The third-order valence-electron chi connectivity index (χ3n) is 2.94. The highest BCUT2D eigenvalue weighted by atomic mass is 16.6. The highest BCUT2D eigenvalue weighted by molar-refractivity contribution is 5.87. The fourth-order valence-electron chi connectivity index (χ4n) is 1.72. The van der Waals surface area contributed by atoms with Gasteiger partial charge in [0.2, 0.25) is 5.91 Å². The SMILES string of the molecule is CCCCOC(=O)C(CC(N)=O)NC(=O)OCc1ccccc1. The van der Waals surface area contributed by atoms with Crippen LogP contribution in [-0.4, -0.2) is 30.6 Å². The van der Waals surface area contributed by atoms with Crippen LogP contribution in [-0.2, 0) is 25.7 Å². The molecule has 1 unspecified atom stereocenters. The number of carbonyl (C=O) groups excluding carboxylic acids is 3. The Balaban J connectivity index is 2.49. The lowest BCUT2D eigenvalue weighted by Gasteiger charge is -2.16. The number of primary amides is 1. The summed E-state index contributed by atoms with van der Waals surface area (Å²) < 4.78 is 10.00. The maximum atomic E-state index is 11.9. The Labute approximate surface area is 135 Å². The van der Waals surface area contributed by atoms with Gasteiger partial charge in [-0.25, -0.2) is 9.59 Å². The summed E-state index contributed by atoms with van der Waals surface area (Å²) in [6, 6.07) is 7.93. The van der Waals surface area contributed by atoms with Crippen molar-refractivity contribution < 1.29 is 23.9 Å². The Morgan fingerprint density at radius 1 is 1.17 bits per heavy atom. The first-order chi connectivity index (χ1) is 11.0. The van der Waals surface area contributed by atoms with E-state index in [9.17, 15) is 14.4 Å². The monoisotopic (exact) mass is 322 g/mol. The minimum Gasteiger partial charge on any atom is -0.464 e. The van der Waals surface area contributed by atoms with Crippen LogP contribution in [0.25, 0.3) is 0 Å². The van der Waals surface area contributed by atoms with Crippen molar-refractivity contribution in [3.63, 3.8) is 0 Å². The number of carbonyl (C=O) groups is 3. The van der Waals surface area contributed by atoms with Crippen LogP contribution >= 0.6 is 0 Å². The number of unbranched alkanes of at least 4 members (excludes halogenated alkanes) is 1. The molecule has 3 N–H and O–H groups in total. The molecule has 7 heteroatoms.